The van der Waals surface area contributed by atoms with Crippen LogP contribution in [-0.2, 0) is 4.84 Å². The summed E-state index contributed by atoms with van der Waals surface area (Å²) in [6.45, 7) is 7.77. The summed E-state index contributed by atoms with van der Waals surface area (Å²) in [6, 6.07) is 0. The van der Waals surface area contributed by atoms with E-state index >= 15 is 0 Å². The largest absolute Gasteiger partial charge is 0.393 e. The minimum Gasteiger partial charge on any atom is -0.393 e. The highest BCUT2D eigenvalue weighted by atomic mass is 16.6. The fraction of sp³-hybridized carbons (Fsp3) is 0.795. The zero-order valence-electron chi connectivity index (χ0n) is 32.8. The molecule has 0 radical (unpaired) electrons. The number of unbranched alkanes of at least 4 members (excludes halogenated alkanes) is 18. The highest BCUT2D eigenvalue weighted by Crippen LogP contribution is 2.18. The van der Waals surface area contributed by atoms with Crippen LogP contribution < -0.4 is 0 Å². The molecule has 0 aliphatic heterocycles. The lowest BCUT2D eigenvalue weighted by molar-refractivity contribution is -0.869. The summed E-state index contributed by atoms with van der Waals surface area (Å²) in [4.78, 5) is 6.17. The van der Waals surface area contributed by atoms with Crippen molar-refractivity contribution in [3.05, 3.63) is 48.6 Å². The van der Waals surface area contributed by atoms with Crippen LogP contribution in [0.2, 0.25) is 0 Å². The topological polar surface area (TPSA) is 21.6 Å². The van der Waals surface area contributed by atoms with Crippen LogP contribution in [0.25, 0.3) is 0 Å². The predicted octanol–water partition coefficient (Wildman–Crippen LogP) is 14.3. The van der Waals surface area contributed by atoms with E-state index in [9.17, 15) is 0 Å². The summed E-state index contributed by atoms with van der Waals surface area (Å²) in [6.07, 6.45) is 53.6. The zero-order valence-corrected chi connectivity index (χ0v) is 32.8. The number of rotatable bonds is 35. The Morgan fingerprint density at radius 2 is 0.872 bits per heavy atom. The number of nitrogens with zero attached hydrogens (tertiary/aromatic N) is 2. The second kappa shape index (κ2) is 35.7. The van der Waals surface area contributed by atoms with Crippen LogP contribution in [0, 0.1) is 0 Å². The molecule has 0 aromatic heterocycles. The lowest BCUT2D eigenvalue weighted by Gasteiger charge is -2.23. The Balaban J connectivity index is 4.12. The van der Waals surface area contributed by atoms with Gasteiger partial charge in [0.15, 0.2) is 0 Å². The third-order valence-corrected chi connectivity index (χ3v) is 8.96. The Morgan fingerprint density at radius 1 is 0.511 bits per heavy atom. The summed E-state index contributed by atoms with van der Waals surface area (Å²) >= 11 is 0. The molecule has 0 unspecified atom stereocenters. The van der Waals surface area contributed by atoms with Gasteiger partial charge in [-0.3, -0.25) is 0 Å². The van der Waals surface area contributed by atoms with Crippen molar-refractivity contribution in [1.82, 2.24) is 0 Å². The summed E-state index contributed by atoms with van der Waals surface area (Å²) in [5.41, 5.74) is 1.14. The summed E-state index contributed by atoms with van der Waals surface area (Å²) < 4.78 is 0.968. The minimum atomic E-state index is 0.283. The van der Waals surface area contributed by atoms with Crippen molar-refractivity contribution in [2.45, 2.75) is 200 Å². The molecule has 0 saturated carbocycles. The first-order chi connectivity index (χ1) is 22.9. The Kier molecular flexibility index (Phi) is 34.5. The van der Waals surface area contributed by atoms with E-state index in [1.807, 2.05) is 0 Å². The maximum atomic E-state index is 6.17. The van der Waals surface area contributed by atoms with Crippen LogP contribution >= 0.6 is 0 Å². The number of oxime groups is 1. The third-order valence-electron chi connectivity index (χ3n) is 8.96. The molecule has 0 aliphatic rings. The SMILES string of the molecule is CCCCC/C=C\C/C=C\CCCCCCCCC(CCCCCCCC/C=C\C/C=C\CCCCC)ON=C(C)CC[N+](C)(C)C. The van der Waals surface area contributed by atoms with Crippen molar-refractivity contribution in [2.75, 3.05) is 27.7 Å². The molecule has 0 aliphatic carbocycles. The molecule has 0 aromatic rings. The van der Waals surface area contributed by atoms with E-state index in [1.165, 1.54) is 141 Å². The minimum absolute atomic E-state index is 0.283. The van der Waals surface area contributed by atoms with E-state index in [4.69, 9.17) is 4.84 Å². The van der Waals surface area contributed by atoms with Gasteiger partial charge >= 0.3 is 0 Å². The molecule has 0 spiro atoms. The monoisotopic (exact) mass is 656 g/mol. The average molecular weight is 656 g/mol. The molecule has 0 amide bonds. The quantitative estimate of drug-likeness (QED) is 0.0219. The van der Waals surface area contributed by atoms with Crippen molar-refractivity contribution in [2.24, 2.45) is 5.16 Å². The van der Waals surface area contributed by atoms with Crippen molar-refractivity contribution < 1.29 is 9.32 Å². The van der Waals surface area contributed by atoms with Crippen molar-refractivity contribution >= 4 is 5.71 Å². The highest BCUT2D eigenvalue weighted by molar-refractivity contribution is 5.81. The molecule has 274 valence electrons. The van der Waals surface area contributed by atoms with E-state index in [2.05, 4.69) is 95.7 Å². The molecule has 0 aromatic carbocycles. The van der Waals surface area contributed by atoms with Crippen molar-refractivity contribution in [3.8, 4) is 0 Å². The van der Waals surface area contributed by atoms with E-state index in [0.717, 1.165) is 48.8 Å². The third kappa shape index (κ3) is 38.7. The summed E-state index contributed by atoms with van der Waals surface area (Å²) in [7, 11) is 6.73. The molecule has 0 N–H and O–H groups in total. The Morgan fingerprint density at radius 3 is 1.26 bits per heavy atom. The molecule has 3 heteroatoms. The van der Waals surface area contributed by atoms with Gasteiger partial charge < -0.3 is 9.32 Å². The number of quaternary nitrogens is 1. The molecular formula is C44H83N2O+. The zero-order chi connectivity index (χ0) is 34.5. The normalized spacial score (nSPS) is 13.1. The Hall–Kier alpha value is -1.61. The van der Waals surface area contributed by atoms with Crippen LogP contribution in [-0.4, -0.2) is 44.0 Å². The first kappa shape index (κ1) is 45.4. The van der Waals surface area contributed by atoms with Gasteiger partial charge in [0.05, 0.1) is 33.4 Å². The molecular weight excluding hydrogens is 572 g/mol. The highest BCUT2D eigenvalue weighted by Gasteiger charge is 2.12. The fourth-order valence-electron chi connectivity index (χ4n) is 5.68. The molecule has 3 nitrogen and oxygen atoms in total. The van der Waals surface area contributed by atoms with Crippen LogP contribution in [0.4, 0.5) is 0 Å². The van der Waals surface area contributed by atoms with Crippen LogP contribution in [0.3, 0.4) is 0 Å². The van der Waals surface area contributed by atoms with E-state index in [-0.39, 0.29) is 6.10 Å². The van der Waals surface area contributed by atoms with Gasteiger partial charge in [-0.1, -0.05) is 145 Å². The Bertz CT molecular complexity index is 737. The van der Waals surface area contributed by atoms with E-state index in [1.54, 1.807) is 0 Å². The van der Waals surface area contributed by atoms with Gasteiger partial charge in [0.2, 0.25) is 0 Å². The van der Waals surface area contributed by atoms with Gasteiger partial charge in [-0.05, 0) is 96.8 Å². The van der Waals surface area contributed by atoms with Gasteiger partial charge in [0.25, 0.3) is 0 Å². The predicted molar refractivity (Wildman–Crippen MR) is 213 cm³/mol. The molecule has 0 heterocycles. The number of allylic oxidation sites excluding steroid dienone is 8. The first-order valence-electron chi connectivity index (χ1n) is 20.5. The number of hydrogen-bond donors (Lipinski definition) is 0. The van der Waals surface area contributed by atoms with Crippen LogP contribution in [0.1, 0.15) is 194 Å². The summed E-state index contributed by atoms with van der Waals surface area (Å²) in [5, 5.41) is 4.60. The lowest BCUT2D eigenvalue weighted by atomic mass is 10.0. The van der Waals surface area contributed by atoms with Crippen LogP contribution in [0.15, 0.2) is 53.8 Å². The lowest BCUT2D eigenvalue weighted by Crippen LogP contribution is -2.36. The van der Waals surface area contributed by atoms with Gasteiger partial charge in [0.1, 0.15) is 6.10 Å². The smallest absolute Gasteiger partial charge is 0.127 e. The van der Waals surface area contributed by atoms with Gasteiger partial charge in [-0.15, -0.1) is 0 Å². The van der Waals surface area contributed by atoms with Gasteiger partial charge in [-0.2, -0.15) is 0 Å². The second-order valence-electron chi connectivity index (χ2n) is 15.1. The standard InChI is InChI=1S/C44H83N2O/c1-7-9-11-13-15-17-19-21-23-25-27-29-31-33-35-37-39-44(47-45-43(3)41-42-46(4,5)6)40-38-36-34-32-30-28-26-24-22-20-18-16-14-12-10-8-2/h15-18,21-24,44H,7-14,19-20,25-42H2,1-6H3/q+1/b17-15-,18-16-,23-21-,24-22-,45-43?. The fourth-order valence-corrected chi connectivity index (χ4v) is 5.68. The number of hydrogen-bond acceptors (Lipinski definition) is 2. The molecule has 0 rings (SSSR count). The first-order valence-corrected chi connectivity index (χ1v) is 20.5. The second-order valence-corrected chi connectivity index (χ2v) is 15.1. The summed E-state index contributed by atoms with van der Waals surface area (Å²) in [5.74, 6) is 0. The van der Waals surface area contributed by atoms with Crippen molar-refractivity contribution in [1.29, 1.82) is 0 Å². The van der Waals surface area contributed by atoms with Crippen LogP contribution in [0.5, 0.6) is 0 Å². The van der Waals surface area contributed by atoms with Gasteiger partial charge in [-0.25, -0.2) is 0 Å². The van der Waals surface area contributed by atoms with E-state index in [0.29, 0.717) is 0 Å². The maximum absolute atomic E-state index is 6.17. The average Bonchev–Trinajstić information content (AvgIpc) is 3.05. The van der Waals surface area contributed by atoms with Gasteiger partial charge in [0, 0.05) is 6.42 Å². The maximum Gasteiger partial charge on any atom is 0.127 e. The molecule has 0 fully saturated rings. The molecule has 0 saturated heterocycles. The van der Waals surface area contributed by atoms with Crippen molar-refractivity contribution in [3.63, 3.8) is 0 Å². The molecule has 47 heavy (non-hydrogen) atoms. The van der Waals surface area contributed by atoms with E-state index < -0.39 is 0 Å². The molecule has 0 atom stereocenters. The molecule has 0 bridgehead atoms. The Labute approximate surface area is 296 Å².